The summed E-state index contributed by atoms with van der Waals surface area (Å²) in [6.45, 7) is 2.72. The van der Waals surface area contributed by atoms with Gasteiger partial charge in [-0.3, -0.25) is 0 Å². The van der Waals surface area contributed by atoms with Crippen LogP contribution in [0.5, 0.6) is 0 Å². The zero-order valence-corrected chi connectivity index (χ0v) is 9.67. The summed E-state index contributed by atoms with van der Waals surface area (Å²) in [5.41, 5.74) is 0. The Hall–Kier alpha value is -0.790. The van der Waals surface area contributed by atoms with Crippen molar-refractivity contribution in [2.24, 2.45) is 0 Å². The Kier molecular flexibility index (Phi) is 4.71. The molecule has 0 bridgehead atoms. The maximum atomic E-state index is 8.56. The Bertz CT molecular complexity index is 316. The predicted octanol–water partition coefficient (Wildman–Crippen LogP) is 2.82. The van der Waals surface area contributed by atoms with Gasteiger partial charge in [0.25, 0.3) is 0 Å². The largest absolute Gasteiger partial charge is 0.467 e. The van der Waals surface area contributed by atoms with E-state index in [9.17, 15) is 0 Å². The first kappa shape index (κ1) is 11.3. The topological polar surface area (TPSA) is 49.0 Å². The van der Waals surface area contributed by atoms with Crippen LogP contribution in [0.4, 0.5) is 0 Å². The zero-order chi connectivity index (χ0) is 10.4. The SMILES string of the molecule is CCC(CC#N)NCc1occc1Br. The summed E-state index contributed by atoms with van der Waals surface area (Å²) in [6, 6.07) is 4.27. The van der Waals surface area contributed by atoms with E-state index in [1.807, 2.05) is 6.07 Å². The second-order valence-corrected chi connectivity index (χ2v) is 3.89. The lowest BCUT2D eigenvalue weighted by molar-refractivity contribution is 0.437. The van der Waals surface area contributed by atoms with Gasteiger partial charge < -0.3 is 9.73 Å². The summed E-state index contributed by atoms with van der Waals surface area (Å²) < 4.78 is 6.21. The molecule has 3 nitrogen and oxygen atoms in total. The van der Waals surface area contributed by atoms with Crippen LogP contribution in [0, 0.1) is 11.3 Å². The van der Waals surface area contributed by atoms with Gasteiger partial charge >= 0.3 is 0 Å². The molecule has 1 atom stereocenters. The Morgan fingerprint density at radius 3 is 3.00 bits per heavy atom. The van der Waals surface area contributed by atoms with Crippen molar-refractivity contribution in [3.63, 3.8) is 0 Å². The van der Waals surface area contributed by atoms with Crippen LogP contribution in [0.15, 0.2) is 21.2 Å². The van der Waals surface area contributed by atoms with Gasteiger partial charge in [-0.1, -0.05) is 6.92 Å². The molecular weight excluding hydrogens is 244 g/mol. The van der Waals surface area contributed by atoms with Gasteiger partial charge in [0, 0.05) is 6.04 Å². The molecule has 4 heteroatoms. The molecule has 1 aromatic rings. The molecule has 0 amide bonds. The molecule has 0 aliphatic heterocycles. The first-order valence-electron chi connectivity index (χ1n) is 4.60. The Morgan fingerprint density at radius 2 is 2.50 bits per heavy atom. The van der Waals surface area contributed by atoms with E-state index in [0.717, 1.165) is 16.7 Å². The Morgan fingerprint density at radius 1 is 1.71 bits per heavy atom. The van der Waals surface area contributed by atoms with Gasteiger partial charge in [0.05, 0.1) is 29.8 Å². The van der Waals surface area contributed by atoms with Crippen molar-refractivity contribution in [3.05, 3.63) is 22.6 Å². The third kappa shape index (κ3) is 3.17. The van der Waals surface area contributed by atoms with Crippen molar-refractivity contribution < 1.29 is 4.42 Å². The minimum atomic E-state index is 0.247. The number of nitriles is 1. The van der Waals surface area contributed by atoms with E-state index in [1.54, 1.807) is 6.26 Å². The summed E-state index contributed by atoms with van der Waals surface area (Å²) in [5, 5.41) is 11.8. The first-order valence-corrected chi connectivity index (χ1v) is 5.39. The third-order valence-corrected chi connectivity index (χ3v) is 2.78. The summed E-state index contributed by atoms with van der Waals surface area (Å²) >= 11 is 3.38. The van der Waals surface area contributed by atoms with Crippen LogP contribution in [0.3, 0.4) is 0 Å². The van der Waals surface area contributed by atoms with Crippen molar-refractivity contribution in [3.8, 4) is 6.07 Å². The molecule has 0 spiro atoms. The van der Waals surface area contributed by atoms with Crippen LogP contribution in [-0.2, 0) is 6.54 Å². The summed E-state index contributed by atoms with van der Waals surface area (Å²) in [6.07, 6.45) is 3.13. The van der Waals surface area contributed by atoms with Crippen LogP contribution < -0.4 is 5.32 Å². The monoisotopic (exact) mass is 256 g/mol. The van der Waals surface area contributed by atoms with Crippen molar-refractivity contribution in [2.75, 3.05) is 0 Å². The highest BCUT2D eigenvalue weighted by Crippen LogP contribution is 2.17. The number of furan rings is 1. The molecule has 14 heavy (non-hydrogen) atoms. The van der Waals surface area contributed by atoms with Gasteiger partial charge in [-0.05, 0) is 28.4 Å². The highest BCUT2D eigenvalue weighted by Gasteiger charge is 2.07. The van der Waals surface area contributed by atoms with Crippen molar-refractivity contribution in [1.29, 1.82) is 5.26 Å². The Labute approximate surface area is 92.2 Å². The van der Waals surface area contributed by atoms with Gasteiger partial charge in [-0.2, -0.15) is 5.26 Å². The second kappa shape index (κ2) is 5.84. The lowest BCUT2D eigenvalue weighted by Crippen LogP contribution is -2.27. The van der Waals surface area contributed by atoms with E-state index in [1.165, 1.54) is 0 Å². The Balaban J connectivity index is 2.40. The molecule has 1 aromatic heterocycles. The van der Waals surface area contributed by atoms with Crippen molar-refractivity contribution >= 4 is 15.9 Å². The van der Waals surface area contributed by atoms with E-state index in [0.29, 0.717) is 13.0 Å². The molecule has 0 aliphatic rings. The number of nitrogens with zero attached hydrogens (tertiary/aromatic N) is 1. The van der Waals surface area contributed by atoms with Gasteiger partial charge in [0.2, 0.25) is 0 Å². The third-order valence-electron chi connectivity index (χ3n) is 2.07. The number of nitrogens with one attached hydrogen (secondary N) is 1. The number of hydrogen-bond acceptors (Lipinski definition) is 3. The maximum absolute atomic E-state index is 8.56. The fraction of sp³-hybridized carbons (Fsp3) is 0.500. The molecule has 1 rings (SSSR count). The predicted molar refractivity (Wildman–Crippen MR) is 57.6 cm³/mol. The lowest BCUT2D eigenvalue weighted by atomic mass is 10.1. The quantitative estimate of drug-likeness (QED) is 0.882. The molecule has 0 saturated heterocycles. The molecule has 0 fully saturated rings. The average Bonchev–Trinajstić information content (AvgIpc) is 2.59. The van der Waals surface area contributed by atoms with Gasteiger partial charge in [-0.25, -0.2) is 0 Å². The van der Waals surface area contributed by atoms with Gasteiger partial charge in [-0.15, -0.1) is 0 Å². The van der Waals surface area contributed by atoms with E-state index < -0.39 is 0 Å². The molecular formula is C10H13BrN2O. The summed E-state index contributed by atoms with van der Waals surface area (Å²) in [4.78, 5) is 0. The minimum absolute atomic E-state index is 0.247. The smallest absolute Gasteiger partial charge is 0.131 e. The molecule has 1 unspecified atom stereocenters. The lowest BCUT2D eigenvalue weighted by Gasteiger charge is -2.11. The molecule has 1 heterocycles. The van der Waals surface area contributed by atoms with E-state index in [-0.39, 0.29) is 6.04 Å². The molecule has 0 aliphatic carbocycles. The highest BCUT2D eigenvalue weighted by atomic mass is 79.9. The van der Waals surface area contributed by atoms with Crippen LogP contribution in [-0.4, -0.2) is 6.04 Å². The minimum Gasteiger partial charge on any atom is -0.467 e. The fourth-order valence-corrected chi connectivity index (χ4v) is 1.50. The standard InChI is InChI=1S/C10H13BrN2O/c1-2-8(3-5-12)13-7-10-9(11)4-6-14-10/h4,6,8,13H,2-3,7H2,1H3. The zero-order valence-electron chi connectivity index (χ0n) is 8.09. The summed E-state index contributed by atoms with van der Waals surface area (Å²) in [7, 11) is 0. The molecule has 76 valence electrons. The average molecular weight is 257 g/mol. The van der Waals surface area contributed by atoms with Crippen molar-refractivity contribution in [1.82, 2.24) is 5.32 Å². The van der Waals surface area contributed by atoms with E-state index in [4.69, 9.17) is 9.68 Å². The maximum Gasteiger partial charge on any atom is 0.131 e. The molecule has 1 N–H and O–H groups in total. The summed E-state index contributed by atoms with van der Waals surface area (Å²) in [5.74, 6) is 0.876. The van der Waals surface area contributed by atoms with Crippen LogP contribution in [0.1, 0.15) is 25.5 Å². The van der Waals surface area contributed by atoms with Gasteiger partial charge in [0.1, 0.15) is 5.76 Å². The number of halogens is 1. The first-order chi connectivity index (χ1) is 6.77. The molecule has 0 aromatic carbocycles. The second-order valence-electron chi connectivity index (χ2n) is 3.04. The van der Waals surface area contributed by atoms with Crippen LogP contribution in [0.25, 0.3) is 0 Å². The van der Waals surface area contributed by atoms with Gasteiger partial charge in [0.15, 0.2) is 0 Å². The highest BCUT2D eigenvalue weighted by molar-refractivity contribution is 9.10. The van der Waals surface area contributed by atoms with Crippen molar-refractivity contribution in [2.45, 2.75) is 32.4 Å². The van der Waals surface area contributed by atoms with E-state index >= 15 is 0 Å². The fourth-order valence-electron chi connectivity index (χ4n) is 1.16. The van der Waals surface area contributed by atoms with E-state index in [2.05, 4.69) is 34.2 Å². The number of rotatable bonds is 5. The molecule has 0 saturated carbocycles. The van der Waals surface area contributed by atoms with Crippen LogP contribution in [0.2, 0.25) is 0 Å². The number of hydrogen-bond donors (Lipinski definition) is 1. The normalized spacial score (nSPS) is 12.4. The van der Waals surface area contributed by atoms with Crippen LogP contribution >= 0.6 is 15.9 Å². The molecule has 0 radical (unpaired) electrons.